The minimum atomic E-state index is 0. The van der Waals surface area contributed by atoms with E-state index in [0.29, 0.717) is 5.92 Å². The van der Waals surface area contributed by atoms with Crippen molar-refractivity contribution >= 4 is 29.2 Å². The summed E-state index contributed by atoms with van der Waals surface area (Å²) >= 11 is 9.23. The van der Waals surface area contributed by atoms with Gasteiger partial charge >= 0.3 is 51.4 Å². The normalized spacial score (nSPS) is 12.0. The van der Waals surface area contributed by atoms with Gasteiger partial charge in [-0.05, 0) is 19.3 Å². The van der Waals surface area contributed by atoms with Gasteiger partial charge in [-0.2, -0.15) is 0 Å². The molecular weight excluding hydrogens is 203 g/mol. The summed E-state index contributed by atoms with van der Waals surface area (Å²) in [4.78, 5) is 0. The predicted molar refractivity (Wildman–Crippen MR) is 50.0 cm³/mol. The molecule has 11 heavy (non-hydrogen) atoms. The van der Waals surface area contributed by atoms with Gasteiger partial charge in [0.15, 0.2) is 0 Å². The summed E-state index contributed by atoms with van der Waals surface area (Å²) in [7, 11) is 0. The van der Waals surface area contributed by atoms with E-state index in [9.17, 15) is 0 Å². The molecule has 1 atom stereocenters. The van der Waals surface area contributed by atoms with Gasteiger partial charge in [0.25, 0.3) is 0 Å². The molecule has 0 aromatic rings. The van der Waals surface area contributed by atoms with Crippen LogP contribution in [0.4, 0.5) is 0 Å². The van der Waals surface area contributed by atoms with Crippen LogP contribution in [0.2, 0.25) is 0 Å². The van der Waals surface area contributed by atoms with Gasteiger partial charge in [-0.3, -0.25) is 0 Å². The van der Waals surface area contributed by atoms with Crippen molar-refractivity contribution in [2.24, 2.45) is 5.92 Å². The van der Waals surface area contributed by atoms with E-state index in [1.165, 1.54) is 0 Å². The largest absolute Gasteiger partial charge is 1.00 e. The molecule has 0 bridgehead atoms. The van der Waals surface area contributed by atoms with Gasteiger partial charge in [0, 0.05) is 4.38 Å². The molecule has 0 amide bonds. The molecule has 0 heterocycles. The number of thiocarbonyl (C=S) groups is 1. The minimum Gasteiger partial charge on any atom is -0.511 e. The maximum atomic E-state index is 5.11. The van der Waals surface area contributed by atoms with Crippen LogP contribution >= 0.6 is 12.2 Å². The van der Waals surface area contributed by atoms with Gasteiger partial charge in [-0.25, -0.2) is 0 Å². The number of ether oxygens (including phenoxy) is 1. The zero-order chi connectivity index (χ0) is 8.15. The van der Waals surface area contributed by atoms with Crippen molar-refractivity contribution in [3.63, 3.8) is 0 Å². The van der Waals surface area contributed by atoms with Crippen LogP contribution in [0.15, 0.2) is 0 Å². The topological polar surface area (TPSA) is 9.23 Å². The first kappa shape index (κ1) is 15.2. The third kappa shape index (κ3) is 11.7. The van der Waals surface area contributed by atoms with Crippen LogP contribution in [-0.4, -0.2) is 10.5 Å². The molecule has 4 heteroatoms. The van der Waals surface area contributed by atoms with E-state index in [1.54, 1.807) is 0 Å². The molecule has 0 aromatic carbocycles. The Morgan fingerprint density at radius 2 is 1.91 bits per heavy atom. The third-order valence-electron chi connectivity index (χ3n) is 1.10. The first-order valence-corrected chi connectivity index (χ1v) is 4.21. The zero-order valence-corrected chi connectivity index (χ0v) is 12.3. The second-order valence-corrected chi connectivity index (χ2v) is 3.81. The van der Waals surface area contributed by atoms with Gasteiger partial charge in [0.05, 0.1) is 6.10 Å². The maximum absolute atomic E-state index is 5.11. The van der Waals surface area contributed by atoms with E-state index >= 15 is 0 Å². The molecule has 0 aliphatic carbocycles. The Morgan fingerprint density at radius 1 is 1.45 bits per heavy atom. The van der Waals surface area contributed by atoms with Gasteiger partial charge in [-0.15, -0.1) is 0 Å². The Morgan fingerprint density at radius 3 is 2.18 bits per heavy atom. The van der Waals surface area contributed by atoms with E-state index in [0.717, 1.165) is 6.42 Å². The fourth-order valence-corrected chi connectivity index (χ4v) is 1.20. The summed E-state index contributed by atoms with van der Waals surface area (Å²) in [5.74, 6) is 0.638. The Kier molecular flexibility index (Phi) is 11.6. The summed E-state index contributed by atoms with van der Waals surface area (Å²) in [6, 6.07) is 0. The SMILES string of the molecule is CC(C)CC(C)OC(=S)[S-].[K+]. The Hall–Kier alpha value is 1.75. The molecule has 60 valence electrons. The molecule has 0 rings (SSSR count). The Labute approximate surface area is 122 Å². The van der Waals surface area contributed by atoms with E-state index in [1.807, 2.05) is 6.92 Å². The molecule has 0 spiro atoms. The molecule has 1 nitrogen and oxygen atoms in total. The maximum Gasteiger partial charge on any atom is 1.00 e. The van der Waals surface area contributed by atoms with Crippen molar-refractivity contribution in [2.75, 3.05) is 0 Å². The van der Waals surface area contributed by atoms with Crippen LogP contribution < -0.4 is 51.4 Å². The Balaban J connectivity index is 0. The molecule has 0 N–H and O–H groups in total. The summed E-state index contributed by atoms with van der Waals surface area (Å²) in [6.07, 6.45) is 1.18. The number of hydrogen-bond donors (Lipinski definition) is 0. The van der Waals surface area contributed by atoms with Gasteiger partial charge < -0.3 is 29.6 Å². The first-order valence-electron chi connectivity index (χ1n) is 3.40. The minimum absolute atomic E-state index is 0. The van der Waals surface area contributed by atoms with E-state index in [4.69, 9.17) is 4.74 Å². The fourth-order valence-electron chi connectivity index (χ4n) is 0.876. The van der Waals surface area contributed by atoms with Crippen molar-refractivity contribution in [1.82, 2.24) is 0 Å². The van der Waals surface area contributed by atoms with Gasteiger partial charge in [0.1, 0.15) is 0 Å². The second-order valence-electron chi connectivity index (χ2n) is 2.81. The van der Waals surface area contributed by atoms with Crippen LogP contribution in [0, 0.1) is 5.92 Å². The first-order chi connectivity index (χ1) is 4.52. The molecule has 0 saturated carbocycles. The summed E-state index contributed by atoms with van der Waals surface area (Å²) in [5.41, 5.74) is 0. The second kappa shape index (κ2) is 8.35. The average molecular weight is 216 g/mol. The molecule has 0 aromatic heterocycles. The van der Waals surface area contributed by atoms with Crippen LogP contribution in [0.25, 0.3) is 0 Å². The van der Waals surface area contributed by atoms with Crippen LogP contribution in [0.1, 0.15) is 27.2 Å². The smallest absolute Gasteiger partial charge is 0.511 e. The number of hydrogen-bond acceptors (Lipinski definition) is 3. The van der Waals surface area contributed by atoms with Crippen LogP contribution in [0.3, 0.4) is 0 Å². The molecular formula is C7H13KOS2. The van der Waals surface area contributed by atoms with Crippen molar-refractivity contribution in [3.8, 4) is 0 Å². The fraction of sp³-hybridized carbons (Fsp3) is 0.857. The van der Waals surface area contributed by atoms with E-state index in [-0.39, 0.29) is 61.9 Å². The van der Waals surface area contributed by atoms with Crippen molar-refractivity contribution in [1.29, 1.82) is 0 Å². The monoisotopic (exact) mass is 216 g/mol. The zero-order valence-electron chi connectivity index (χ0n) is 7.59. The molecule has 0 radical (unpaired) electrons. The average Bonchev–Trinajstić information content (AvgIpc) is 1.58. The standard InChI is InChI=1S/C7H14OS2.K/c1-5(2)4-6(3)8-7(9)10;/h5-6H,4H2,1-3H3,(H,9,10);/q;+1/p-1. The molecule has 1 unspecified atom stereocenters. The van der Waals surface area contributed by atoms with Gasteiger partial charge in [-0.1, -0.05) is 13.8 Å². The van der Waals surface area contributed by atoms with Crippen molar-refractivity contribution < 1.29 is 56.1 Å². The van der Waals surface area contributed by atoms with Crippen molar-refractivity contribution in [2.45, 2.75) is 33.3 Å². The molecule has 0 saturated heterocycles. The van der Waals surface area contributed by atoms with Crippen LogP contribution in [0.5, 0.6) is 0 Å². The van der Waals surface area contributed by atoms with Gasteiger partial charge in [0.2, 0.25) is 0 Å². The predicted octanol–water partition coefficient (Wildman–Crippen LogP) is -0.727. The molecule has 0 aliphatic heterocycles. The van der Waals surface area contributed by atoms with Crippen molar-refractivity contribution in [3.05, 3.63) is 0 Å². The summed E-state index contributed by atoms with van der Waals surface area (Å²) in [5, 5.41) is 0. The van der Waals surface area contributed by atoms with Crippen LogP contribution in [-0.2, 0) is 17.4 Å². The Bertz CT molecular complexity index is 117. The van der Waals surface area contributed by atoms with E-state index < -0.39 is 0 Å². The summed E-state index contributed by atoms with van der Waals surface area (Å²) in [6.45, 7) is 6.27. The number of rotatable bonds is 3. The quantitative estimate of drug-likeness (QED) is 0.350. The molecule has 0 fully saturated rings. The summed E-state index contributed by atoms with van der Waals surface area (Å²) < 4.78 is 5.34. The van der Waals surface area contributed by atoms with E-state index in [2.05, 4.69) is 38.7 Å². The third-order valence-corrected chi connectivity index (χ3v) is 1.29. The molecule has 0 aliphatic rings.